The molecular weight excluding hydrogens is 571 g/mol. The van der Waals surface area contributed by atoms with Crippen molar-refractivity contribution >= 4 is 31.2 Å². The molecule has 0 aromatic rings. The molecule has 0 heterocycles. The number of rotatable bonds is 18. The molecule has 0 aromatic carbocycles. The highest BCUT2D eigenvalue weighted by Gasteiger charge is 2.21. The van der Waals surface area contributed by atoms with Gasteiger partial charge in [0.15, 0.2) is 0 Å². The Hall–Kier alpha value is 0.0700. The smallest absolute Gasteiger partial charge is 0.384 e. The van der Waals surface area contributed by atoms with E-state index in [0.29, 0.717) is 45.1 Å². The molecule has 0 spiro atoms. The Bertz CT molecular complexity index is 493. The molecule has 0 amide bonds. The van der Waals surface area contributed by atoms with Crippen LogP contribution >= 0.6 is 24.5 Å². The summed E-state index contributed by atoms with van der Waals surface area (Å²) in [4.78, 5) is 10.5. The summed E-state index contributed by atoms with van der Waals surface area (Å²) in [6, 6.07) is 1.38. The molecule has 0 bridgehead atoms. The third-order valence-electron chi connectivity index (χ3n) is 3.69. The van der Waals surface area contributed by atoms with Gasteiger partial charge in [-0.2, -0.15) is 0 Å². The fourth-order valence-corrected chi connectivity index (χ4v) is 4.89. The van der Waals surface area contributed by atoms with E-state index in [2.05, 4.69) is 48.6 Å². The molecule has 0 fully saturated rings. The Labute approximate surface area is 241 Å². The average molecular weight is 631 g/mol. The van der Waals surface area contributed by atoms with Gasteiger partial charge in [-0.3, -0.25) is 9.46 Å². The van der Waals surface area contributed by atoms with Crippen LogP contribution in [0.3, 0.4) is 0 Å². The summed E-state index contributed by atoms with van der Waals surface area (Å²) >= 11 is 0. The summed E-state index contributed by atoms with van der Waals surface area (Å²) in [5.74, 6) is 0. The highest BCUT2D eigenvalue weighted by atomic mass is 31.2. The Morgan fingerprint density at radius 3 is 1.21 bits per heavy atom. The maximum absolute atomic E-state index is 11.1. The molecule has 0 aliphatic rings. The van der Waals surface area contributed by atoms with Crippen molar-refractivity contribution < 1.29 is 50.7 Å². The van der Waals surface area contributed by atoms with Crippen molar-refractivity contribution in [1.29, 1.82) is 0 Å². The lowest BCUT2D eigenvalue weighted by Crippen LogP contribution is -2.36. The van der Waals surface area contributed by atoms with Gasteiger partial charge in [0.05, 0.1) is 33.0 Å². The van der Waals surface area contributed by atoms with Crippen LogP contribution in [-0.2, 0) is 45.6 Å². The zero-order chi connectivity index (χ0) is 31.7. The van der Waals surface area contributed by atoms with E-state index in [0.717, 1.165) is 6.54 Å². The molecule has 0 aliphatic heterocycles. The van der Waals surface area contributed by atoms with Crippen LogP contribution in [-0.4, -0.2) is 88.0 Å². The molecule has 0 rings (SSSR count). The van der Waals surface area contributed by atoms with Crippen molar-refractivity contribution in [3.05, 3.63) is 0 Å². The fourth-order valence-electron chi connectivity index (χ4n) is 2.52. The number of nitrogens with zero attached hydrogens (tertiary/aromatic N) is 1. The van der Waals surface area contributed by atoms with E-state index >= 15 is 0 Å². The van der Waals surface area contributed by atoms with Crippen LogP contribution < -0.4 is 0 Å². The molecule has 39 heavy (non-hydrogen) atoms. The summed E-state index contributed by atoms with van der Waals surface area (Å²) in [5, 5.41) is 8.53. The molecule has 0 aliphatic carbocycles. The number of carbonyl (C=O) groups is 1. The van der Waals surface area contributed by atoms with Gasteiger partial charge in [0.25, 0.3) is 0 Å². The number of hydrogen-bond acceptors (Lipinski definition) is 12. The fraction of sp³-hybridized carbons (Fsp3) is 0.958. The van der Waals surface area contributed by atoms with E-state index in [1.54, 1.807) is 27.7 Å². The van der Waals surface area contributed by atoms with Gasteiger partial charge in [-0.15, -0.1) is 9.05 Å². The van der Waals surface area contributed by atoms with Gasteiger partial charge in [0.2, 0.25) is 0 Å². The molecule has 240 valence electrons. The molecule has 0 aromatic heterocycles. The van der Waals surface area contributed by atoms with Crippen LogP contribution in [0, 0.1) is 0 Å². The van der Waals surface area contributed by atoms with E-state index < -0.39 is 30.8 Å². The van der Waals surface area contributed by atoms with Gasteiger partial charge in [-0.25, -0.2) is 0 Å². The second kappa shape index (κ2) is 38.1. The van der Waals surface area contributed by atoms with Crippen molar-refractivity contribution in [3.8, 4) is 0 Å². The lowest BCUT2D eigenvalue weighted by atomic mass is 10.2. The number of hydrogen-bond donors (Lipinski definition) is 1. The van der Waals surface area contributed by atoms with E-state index in [9.17, 15) is 9.13 Å². The highest BCUT2D eigenvalue weighted by Crippen LogP contribution is 2.46. The van der Waals surface area contributed by atoms with Crippen LogP contribution in [0.2, 0.25) is 0 Å². The van der Waals surface area contributed by atoms with Crippen LogP contribution in [0.15, 0.2) is 0 Å². The van der Waals surface area contributed by atoms with Gasteiger partial charge >= 0.3 is 24.5 Å². The third-order valence-corrected chi connectivity index (χ3v) is 7.68. The number of aliphatic hydroxyl groups excluding tert-OH is 1. The highest BCUT2D eigenvalue weighted by molar-refractivity contribution is 7.53. The van der Waals surface area contributed by atoms with Crippen LogP contribution in [0.5, 0.6) is 0 Å². The maximum atomic E-state index is 11.1. The molecular formula is C24H59NO11P3+. The minimum atomic E-state index is -3.14. The van der Waals surface area contributed by atoms with Gasteiger partial charge in [-0.1, -0.05) is 6.92 Å². The number of aliphatic hydroxyl groups is 1. The molecule has 1 N–H and O–H groups in total. The van der Waals surface area contributed by atoms with Crippen LogP contribution in [0.4, 0.5) is 0 Å². The van der Waals surface area contributed by atoms with Gasteiger partial charge in [-0.05, 0) is 82.7 Å². The van der Waals surface area contributed by atoms with Gasteiger partial charge in [0.1, 0.15) is 26.4 Å². The second-order valence-electron chi connectivity index (χ2n) is 7.14. The van der Waals surface area contributed by atoms with Crippen molar-refractivity contribution in [2.24, 2.45) is 0 Å². The first-order chi connectivity index (χ1) is 18.4. The zero-order valence-electron chi connectivity index (χ0n) is 26.5. The van der Waals surface area contributed by atoms with Crippen molar-refractivity contribution in [3.63, 3.8) is 0 Å². The molecule has 0 saturated heterocycles. The average Bonchev–Trinajstić information content (AvgIpc) is 2.87. The standard InChI is InChI=1S/C8H19N.C6H15O3P.C5H13O4P.C4H10O3P.CH2O/c1-6-9(7(2)3)8(4)5;1-4-7-10(8-5-2)9-6-3;1-3-8-10(7,5-6)9-4-2;1-3-6-8(5)7-4-2;1-2/h7-8H,6H2,1-5H3;4-6H2,1-3H3;6H,3-5H2,1-2H3;3-4H2,1-2H3;1H2/q;;;+1;. The molecule has 0 atom stereocenters. The van der Waals surface area contributed by atoms with Crippen molar-refractivity contribution in [2.75, 3.05) is 59.1 Å². The van der Waals surface area contributed by atoms with Crippen LogP contribution in [0.1, 0.15) is 83.1 Å². The van der Waals surface area contributed by atoms with E-state index in [1.807, 2.05) is 27.6 Å². The topological polar surface area (TPSA) is 139 Å². The minimum absolute atomic E-state index is 0.290. The third kappa shape index (κ3) is 38.1. The first kappa shape index (κ1) is 48.8. The van der Waals surface area contributed by atoms with E-state index in [1.165, 1.54) is 0 Å². The van der Waals surface area contributed by atoms with Gasteiger partial charge in [0, 0.05) is 16.6 Å². The second-order valence-corrected chi connectivity index (χ2v) is 11.3. The Morgan fingerprint density at radius 2 is 1.05 bits per heavy atom. The van der Waals surface area contributed by atoms with Crippen molar-refractivity contribution in [1.82, 2.24) is 4.90 Å². The monoisotopic (exact) mass is 630 g/mol. The maximum Gasteiger partial charge on any atom is 0.697 e. The molecule has 0 radical (unpaired) electrons. The predicted molar refractivity (Wildman–Crippen MR) is 160 cm³/mol. The lowest BCUT2D eigenvalue weighted by molar-refractivity contribution is -0.0980. The quantitative estimate of drug-likeness (QED) is 0.153. The van der Waals surface area contributed by atoms with E-state index in [-0.39, 0.29) is 13.2 Å². The summed E-state index contributed by atoms with van der Waals surface area (Å²) < 4.78 is 55.4. The SMILES string of the molecule is C=O.CCN(C(C)C)C(C)C.CCOP(=O)(CO)OCC.CCOP(OCC)OCC.CCO[P+](=O)OCC. The Kier molecular flexibility index (Phi) is 47.6. The van der Waals surface area contributed by atoms with E-state index in [4.69, 9.17) is 32.5 Å². The lowest BCUT2D eigenvalue weighted by Gasteiger charge is -2.28. The first-order valence-electron chi connectivity index (χ1n) is 13.4. The summed E-state index contributed by atoms with van der Waals surface area (Å²) in [6.45, 7) is 30.4. The van der Waals surface area contributed by atoms with Crippen LogP contribution in [0.25, 0.3) is 0 Å². The zero-order valence-corrected chi connectivity index (χ0v) is 29.2. The largest absolute Gasteiger partial charge is 0.697 e. The molecule has 15 heteroatoms. The normalized spacial score (nSPS) is 10.6. The molecule has 12 nitrogen and oxygen atoms in total. The summed E-state index contributed by atoms with van der Waals surface area (Å²) in [5.41, 5.74) is 0. The first-order valence-corrected chi connectivity index (χ1v) is 17.3. The molecule has 0 saturated carbocycles. The predicted octanol–water partition coefficient (Wildman–Crippen LogP) is 7.18. The minimum Gasteiger partial charge on any atom is -0.384 e. The van der Waals surface area contributed by atoms with Crippen molar-refractivity contribution in [2.45, 2.75) is 95.2 Å². The van der Waals surface area contributed by atoms with Gasteiger partial charge < -0.3 is 32.5 Å². The Balaban J connectivity index is -0.000000129. The number of carbonyl (C=O) groups excluding carboxylic acids is 1. The molecule has 0 unspecified atom stereocenters. The summed E-state index contributed by atoms with van der Waals surface area (Å²) in [7, 11) is -6.04. The Morgan fingerprint density at radius 1 is 0.718 bits per heavy atom. The summed E-state index contributed by atoms with van der Waals surface area (Å²) in [6.07, 6.45) is -0.547.